The van der Waals surface area contributed by atoms with Gasteiger partial charge in [-0.1, -0.05) is 140 Å². The van der Waals surface area contributed by atoms with Crippen molar-refractivity contribution in [3.63, 3.8) is 0 Å². The molecule has 0 amide bonds. The number of nitrogens with zero attached hydrogens (tertiary/aromatic N) is 6. The summed E-state index contributed by atoms with van der Waals surface area (Å²) in [6.07, 6.45) is 0. The molecule has 0 N–H and O–H groups in total. The molecule has 4 aromatic heterocycles. The van der Waals surface area contributed by atoms with Crippen LogP contribution in [0, 0.1) is 0 Å². The van der Waals surface area contributed by atoms with Gasteiger partial charge in [0.1, 0.15) is 0 Å². The van der Waals surface area contributed by atoms with Gasteiger partial charge < -0.3 is 8.98 Å². The normalized spacial score (nSPS) is 11.6. The molecule has 0 atom stereocenters. The molecule has 0 radical (unpaired) electrons. The van der Waals surface area contributed by atoms with Crippen LogP contribution >= 0.6 is 0 Å². The standard InChI is InChI=1S/C48H30N6O/c1-4-16-31(17-5-1)40-30-41(32-18-6-2-7-19-32)50-48(49-40)54-43-29-13-11-23-35(43)37-25-15-27-39(45(37)54)47-52-51-46(55-47)38-26-14-24-36-34-22-10-12-28-42(34)53(44(36)38)33-20-8-3-9-21-33/h1-30H. The minimum Gasteiger partial charge on any atom is -0.416 e. The van der Waals surface area contributed by atoms with Crippen LogP contribution in [0.15, 0.2) is 186 Å². The summed E-state index contributed by atoms with van der Waals surface area (Å²) in [5, 5.41) is 13.8. The Hall–Kier alpha value is -7.64. The van der Waals surface area contributed by atoms with Crippen molar-refractivity contribution in [1.29, 1.82) is 0 Å². The van der Waals surface area contributed by atoms with Crippen LogP contribution in [0.3, 0.4) is 0 Å². The number of rotatable bonds is 6. The Balaban J connectivity index is 1.15. The lowest BCUT2D eigenvalue weighted by Gasteiger charge is -2.12. The molecule has 4 heterocycles. The summed E-state index contributed by atoms with van der Waals surface area (Å²) < 4.78 is 11.2. The summed E-state index contributed by atoms with van der Waals surface area (Å²) in [5.74, 6) is 1.40. The highest BCUT2D eigenvalue weighted by Gasteiger charge is 2.24. The Kier molecular flexibility index (Phi) is 7.03. The second kappa shape index (κ2) is 12.5. The first-order valence-electron chi connectivity index (χ1n) is 18.2. The summed E-state index contributed by atoms with van der Waals surface area (Å²) >= 11 is 0. The lowest BCUT2D eigenvalue weighted by Crippen LogP contribution is -2.04. The SMILES string of the molecule is c1ccc(-c2cc(-c3ccccc3)nc(-n3c4ccccc4c4cccc(-c5nnc(-c6cccc7c8ccccc8n(-c8ccccc8)c67)o5)c43)n2)cc1. The molecule has 258 valence electrons. The van der Waals surface area contributed by atoms with Crippen molar-refractivity contribution in [2.24, 2.45) is 0 Å². The zero-order chi connectivity index (χ0) is 36.3. The Morgan fingerprint density at radius 3 is 1.36 bits per heavy atom. The van der Waals surface area contributed by atoms with Gasteiger partial charge in [-0.2, -0.15) is 0 Å². The third-order valence-electron chi connectivity index (χ3n) is 10.3. The monoisotopic (exact) mass is 706 g/mol. The van der Waals surface area contributed by atoms with Gasteiger partial charge in [0.2, 0.25) is 17.7 Å². The Morgan fingerprint density at radius 1 is 0.382 bits per heavy atom. The minimum atomic E-state index is 0.409. The van der Waals surface area contributed by atoms with Crippen LogP contribution in [0.2, 0.25) is 0 Å². The molecule has 11 rings (SSSR count). The van der Waals surface area contributed by atoms with Gasteiger partial charge in [0.15, 0.2) is 0 Å². The zero-order valence-corrected chi connectivity index (χ0v) is 29.4. The fourth-order valence-corrected chi connectivity index (χ4v) is 7.92. The molecule has 11 aromatic rings. The molecule has 0 aliphatic carbocycles. The number of fused-ring (bicyclic) bond motifs is 6. The van der Waals surface area contributed by atoms with Crippen LogP contribution in [0.1, 0.15) is 0 Å². The molecule has 0 saturated heterocycles. The van der Waals surface area contributed by atoms with E-state index in [0.717, 1.165) is 82.9 Å². The first-order valence-corrected chi connectivity index (χ1v) is 18.2. The third-order valence-corrected chi connectivity index (χ3v) is 10.3. The van der Waals surface area contributed by atoms with Gasteiger partial charge in [-0.05, 0) is 42.5 Å². The molecule has 7 heteroatoms. The van der Waals surface area contributed by atoms with E-state index in [1.165, 1.54) is 0 Å². The topological polar surface area (TPSA) is 74.6 Å². The summed E-state index contributed by atoms with van der Waals surface area (Å²) in [5.41, 5.74) is 10.4. The van der Waals surface area contributed by atoms with E-state index in [2.05, 4.69) is 130 Å². The lowest BCUT2D eigenvalue weighted by atomic mass is 10.1. The van der Waals surface area contributed by atoms with Crippen molar-refractivity contribution in [3.05, 3.63) is 182 Å². The number of para-hydroxylation sites is 5. The molecule has 0 spiro atoms. The van der Waals surface area contributed by atoms with Crippen molar-refractivity contribution in [2.75, 3.05) is 0 Å². The number of aromatic nitrogens is 6. The second-order valence-electron chi connectivity index (χ2n) is 13.5. The third kappa shape index (κ3) is 4.98. The van der Waals surface area contributed by atoms with Gasteiger partial charge >= 0.3 is 0 Å². The Bertz CT molecular complexity index is 3140. The minimum absolute atomic E-state index is 0.409. The van der Waals surface area contributed by atoms with Crippen molar-refractivity contribution < 1.29 is 4.42 Å². The largest absolute Gasteiger partial charge is 0.416 e. The predicted molar refractivity (Wildman–Crippen MR) is 220 cm³/mol. The van der Waals surface area contributed by atoms with Gasteiger partial charge in [-0.3, -0.25) is 4.57 Å². The molecule has 0 unspecified atom stereocenters. The lowest BCUT2D eigenvalue weighted by molar-refractivity contribution is 0.585. The van der Waals surface area contributed by atoms with E-state index in [-0.39, 0.29) is 0 Å². The van der Waals surface area contributed by atoms with Crippen molar-refractivity contribution in [1.82, 2.24) is 29.3 Å². The summed E-state index contributed by atoms with van der Waals surface area (Å²) in [4.78, 5) is 10.5. The van der Waals surface area contributed by atoms with E-state index in [1.807, 2.05) is 60.7 Å². The van der Waals surface area contributed by atoms with Crippen LogP contribution < -0.4 is 0 Å². The van der Waals surface area contributed by atoms with E-state index < -0.39 is 0 Å². The van der Waals surface area contributed by atoms with Crippen LogP contribution in [-0.2, 0) is 0 Å². The van der Waals surface area contributed by atoms with E-state index in [0.29, 0.717) is 17.7 Å². The van der Waals surface area contributed by atoms with Gasteiger partial charge in [-0.15, -0.1) is 10.2 Å². The Labute approximate surface area is 315 Å². The first-order chi connectivity index (χ1) is 27.3. The quantitative estimate of drug-likeness (QED) is 0.172. The summed E-state index contributed by atoms with van der Waals surface area (Å²) in [7, 11) is 0. The first kappa shape index (κ1) is 30.9. The van der Waals surface area contributed by atoms with Crippen LogP contribution in [0.4, 0.5) is 0 Å². The van der Waals surface area contributed by atoms with Crippen LogP contribution in [-0.4, -0.2) is 29.3 Å². The number of benzene rings is 7. The van der Waals surface area contributed by atoms with Crippen molar-refractivity contribution in [2.45, 2.75) is 0 Å². The average Bonchev–Trinajstić information content (AvgIpc) is 3.98. The molecule has 0 saturated carbocycles. The fourth-order valence-electron chi connectivity index (χ4n) is 7.92. The van der Waals surface area contributed by atoms with Gasteiger partial charge in [0.05, 0.1) is 44.6 Å². The van der Waals surface area contributed by atoms with E-state index in [4.69, 9.17) is 24.6 Å². The second-order valence-corrected chi connectivity index (χ2v) is 13.5. The van der Waals surface area contributed by atoms with E-state index in [9.17, 15) is 0 Å². The van der Waals surface area contributed by atoms with Gasteiger partial charge in [-0.25, -0.2) is 9.97 Å². The molecule has 55 heavy (non-hydrogen) atoms. The smallest absolute Gasteiger partial charge is 0.250 e. The molecule has 0 aliphatic heterocycles. The van der Waals surface area contributed by atoms with Crippen LogP contribution in [0.25, 0.3) is 101 Å². The van der Waals surface area contributed by atoms with E-state index in [1.54, 1.807) is 0 Å². The molecular weight excluding hydrogens is 677 g/mol. The highest BCUT2D eigenvalue weighted by Crippen LogP contribution is 2.41. The van der Waals surface area contributed by atoms with Crippen molar-refractivity contribution >= 4 is 43.6 Å². The maximum absolute atomic E-state index is 6.74. The number of hydrogen-bond donors (Lipinski definition) is 0. The molecular formula is C48H30N6O. The summed E-state index contributed by atoms with van der Waals surface area (Å²) in [6.45, 7) is 0. The maximum Gasteiger partial charge on any atom is 0.250 e. The highest BCUT2D eigenvalue weighted by atomic mass is 16.4. The molecule has 0 bridgehead atoms. The Morgan fingerprint density at radius 2 is 0.818 bits per heavy atom. The molecule has 0 aliphatic rings. The fraction of sp³-hybridized carbons (Fsp3) is 0. The average molecular weight is 707 g/mol. The molecule has 0 fully saturated rings. The van der Waals surface area contributed by atoms with E-state index >= 15 is 0 Å². The maximum atomic E-state index is 6.74. The van der Waals surface area contributed by atoms with Crippen molar-refractivity contribution in [3.8, 4) is 57.1 Å². The van der Waals surface area contributed by atoms with Crippen LogP contribution in [0.5, 0.6) is 0 Å². The highest BCUT2D eigenvalue weighted by molar-refractivity contribution is 6.14. The molecule has 7 aromatic carbocycles. The molecule has 7 nitrogen and oxygen atoms in total. The van der Waals surface area contributed by atoms with Gasteiger partial charge in [0.25, 0.3) is 0 Å². The summed E-state index contributed by atoms with van der Waals surface area (Å²) in [6, 6.07) is 62.3. The zero-order valence-electron chi connectivity index (χ0n) is 29.4. The predicted octanol–water partition coefficient (Wildman–Crippen LogP) is 11.7. The van der Waals surface area contributed by atoms with Gasteiger partial charge in [0, 0.05) is 38.4 Å². The number of hydrogen-bond acceptors (Lipinski definition) is 5.